The second-order valence-electron chi connectivity index (χ2n) is 7.11. The number of pyridine rings is 1. The van der Waals surface area contributed by atoms with Gasteiger partial charge >= 0.3 is 0 Å². The smallest absolute Gasteiger partial charge is 0.141 e. The number of rotatable bonds is 5. The molecule has 26 heavy (non-hydrogen) atoms. The van der Waals surface area contributed by atoms with E-state index in [1.165, 1.54) is 11.3 Å². The van der Waals surface area contributed by atoms with E-state index in [-0.39, 0.29) is 0 Å². The van der Waals surface area contributed by atoms with Crippen molar-refractivity contribution in [3.8, 4) is 11.4 Å². The van der Waals surface area contributed by atoms with Crippen LogP contribution in [0.1, 0.15) is 36.3 Å². The molecular formula is C20H26N6. The van der Waals surface area contributed by atoms with Crippen LogP contribution in [-0.4, -0.2) is 42.3 Å². The van der Waals surface area contributed by atoms with E-state index in [9.17, 15) is 0 Å². The summed E-state index contributed by atoms with van der Waals surface area (Å²) in [7, 11) is 0. The summed E-state index contributed by atoms with van der Waals surface area (Å²) in [5, 5.41) is 4.58. The largest absolute Gasteiger partial charge is 0.324 e. The van der Waals surface area contributed by atoms with Gasteiger partial charge in [-0.1, -0.05) is 0 Å². The van der Waals surface area contributed by atoms with Crippen molar-refractivity contribution >= 4 is 0 Å². The lowest BCUT2D eigenvalue weighted by molar-refractivity contribution is 0.315. The summed E-state index contributed by atoms with van der Waals surface area (Å²) in [6.45, 7) is 10.4. The predicted molar refractivity (Wildman–Crippen MR) is 102 cm³/mol. The van der Waals surface area contributed by atoms with E-state index in [4.69, 9.17) is 0 Å². The molecule has 0 radical (unpaired) electrons. The van der Waals surface area contributed by atoms with Crippen molar-refractivity contribution in [2.75, 3.05) is 13.1 Å². The molecule has 6 heteroatoms. The van der Waals surface area contributed by atoms with Crippen LogP contribution in [0.25, 0.3) is 11.4 Å². The second-order valence-corrected chi connectivity index (χ2v) is 7.11. The van der Waals surface area contributed by atoms with Gasteiger partial charge in [-0.05, 0) is 39.3 Å². The summed E-state index contributed by atoms with van der Waals surface area (Å²) in [6.07, 6.45) is 9.01. The Morgan fingerprint density at radius 2 is 2.12 bits per heavy atom. The molecular weight excluding hydrogens is 324 g/mol. The van der Waals surface area contributed by atoms with Crippen molar-refractivity contribution in [2.45, 2.75) is 46.3 Å². The normalized spacial score (nSPS) is 17.9. The van der Waals surface area contributed by atoms with E-state index < -0.39 is 0 Å². The summed E-state index contributed by atoms with van der Waals surface area (Å²) >= 11 is 0. The number of likely N-dealkylation sites (tertiary alicyclic amines) is 1. The number of aromatic nitrogens is 5. The molecule has 0 amide bonds. The van der Waals surface area contributed by atoms with E-state index in [0.29, 0.717) is 6.04 Å². The van der Waals surface area contributed by atoms with Crippen LogP contribution < -0.4 is 0 Å². The predicted octanol–water partition coefficient (Wildman–Crippen LogP) is 3.23. The van der Waals surface area contributed by atoms with Crippen LogP contribution in [0, 0.1) is 13.8 Å². The summed E-state index contributed by atoms with van der Waals surface area (Å²) in [5.74, 6) is 1.03. The minimum atomic E-state index is 0.453. The van der Waals surface area contributed by atoms with Gasteiger partial charge in [0.05, 0.1) is 5.69 Å². The van der Waals surface area contributed by atoms with Gasteiger partial charge < -0.3 is 4.57 Å². The molecule has 6 nitrogen and oxygen atoms in total. The molecule has 1 atom stereocenters. The van der Waals surface area contributed by atoms with Gasteiger partial charge in [0.15, 0.2) is 0 Å². The molecule has 1 aliphatic rings. The van der Waals surface area contributed by atoms with Gasteiger partial charge in [0, 0.05) is 73.8 Å². The topological polar surface area (TPSA) is 51.8 Å². The average molecular weight is 350 g/mol. The zero-order chi connectivity index (χ0) is 18.1. The number of nitrogens with zero attached hydrogens (tertiary/aromatic N) is 6. The van der Waals surface area contributed by atoms with Gasteiger partial charge in [0.25, 0.3) is 0 Å². The molecule has 0 bridgehead atoms. The molecule has 3 aromatic rings. The van der Waals surface area contributed by atoms with Crippen molar-refractivity contribution in [2.24, 2.45) is 0 Å². The average Bonchev–Trinajstić information content (AvgIpc) is 3.35. The zero-order valence-electron chi connectivity index (χ0n) is 15.8. The van der Waals surface area contributed by atoms with E-state index >= 15 is 0 Å². The molecule has 0 aliphatic carbocycles. The molecule has 4 rings (SSSR count). The van der Waals surface area contributed by atoms with E-state index in [2.05, 4.69) is 57.6 Å². The molecule has 0 N–H and O–H groups in total. The fourth-order valence-corrected chi connectivity index (χ4v) is 3.90. The molecule has 1 fully saturated rings. The molecule has 3 aromatic heterocycles. The summed E-state index contributed by atoms with van der Waals surface area (Å²) in [5.41, 5.74) is 4.78. The maximum Gasteiger partial charge on any atom is 0.141 e. The van der Waals surface area contributed by atoms with Gasteiger partial charge in [0.2, 0.25) is 0 Å². The van der Waals surface area contributed by atoms with Crippen molar-refractivity contribution < 1.29 is 0 Å². The summed E-state index contributed by atoms with van der Waals surface area (Å²) in [6, 6.07) is 4.51. The maximum absolute atomic E-state index is 4.66. The fourth-order valence-electron chi connectivity index (χ4n) is 3.90. The molecule has 136 valence electrons. The quantitative estimate of drug-likeness (QED) is 0.709. The molecule has 0 saturated carbocycles. The Morgan fingerprint density at radius 1 is 1.23 bits per heavy atom. The van der Waals surface area contributed by atoms with Crippen LogP contribution in [0.2, 0.25) is 0 Å². The molecule has 1 saturated heterocycles. The second kappa shape index (κ2) is 7.03. The number of aryl methyl sites for hydroxylation is 3. The van der Waals surface area contributed by atoms with Crippen LogP contribution in [0.3, 0.4) is 0 Å². The molecule has 1 unspecified atom stereocenters. The Kier molecular flexibility index (Phi) is 4.59. The Balaban J connectivity index is 1.52. The number of imidazole rings is 1. The summed E-state index contributed by atoms with van der Waals surface area (Å²) < 4.78 is 4.41. The molecule has 1 aliphatic heterocycles. The third-order valence-electron chi connectivity index (χ3n) is 5.28. The van der Waals surface area contributed by atoms with Crippen molar-refractivity contribution in [3.05, 3.63) is 53.9 Å². The Hall–Kier alpha value is -2.47. The highest BCUT2D eigenvalue weighted by Crippen LogP contribution is 2.30. The van der Waals surface area contributed by atoms with E-state index in [1.807, 2.05) is 23.1 Å². The Morgan fingerprint density at radius 3 is 2.85 bits per heavy atom. The highest BCUT2D eigenvalue weighted by Gasteiger charge is 2.27. The highest BCUT2D eigenvalue weighted by molar-refractivity contribution is 5.54. The van der Waals surface area contributed by atoms with Gasteiger partial charge in [-0.15, -0.1) is 0 Å². The fraction of sp³-hybridized carbons (Fsp3) is 0.450. The first kappa shape index (κ1) is 17.0. The van der Waals surface area contributed by atoms with Crippen LogP contribution in [0.4, 0.5) is 0 Å². The standard InChI is InChI=1S/C20H26N6/c1-4-25-13-18(16(3)23-25)12-24-9-7-19(14-24)26-15(2)10-22-20(26)17-6-5-8-21-11-17/h5-6,8,10-11,13,19H,4,7,9,12,14H2,1-3H3. The lowest BCUT2D eigenvalue weighted by Crippen LogP contribution is -2.22. The molecule has 0 aromatic carbocycles. The lowest BCUT2D eigenvalue weighted by Gasteiger charge is -2.19. The number of hydrogen-bond acceptors (Lipinski definition) is 4. The monoisotopic (exact) mass is 350 g/mol. The van der Waals surface area contributed by atoms with Crippen LogP contribution in [0.15, 0.2) is 36.9 Å². The van der Waals surface area contributed by atoms with Gasteiger partial charge in [-0.3, -0.25) is 14.6 Å². The van der Waals surface area contributed by atoms with Gasteiger partial charge in [-0.2, -0.15) is 5.10 Å². The van der Waals surface area contributed by atoms with Crippen LogP contribution >= 0.6 is 0 Å². The minimum absolute atomic E-state index is 0.453. The third kappa shape index (κ3) is 3.17. The van der Waals surface area contributed by atoms with Gasteiger partial charge in [0.1, 0.15) is 5.82 Å². The highest BCUT2D eigenvalue weighted by atomic mass is 15.3. The number of hydrogen-bond donors (Lipinski definition) is 0. The van der Waals surface area contributed by atoms with Crippen molar-refractivity contribution in [1.82, 2.24) is 29.2 Å². The van der Waals surface area contributed by atoms with Crippen LogP contribution in [0.5, 0.6) is 0 Å². The summed E-state index contributed by atoms with van der Waals surface area (Å²) in [4.78, 5) is 11.4. The third-order valence-corrected chi connectivity index (χ3v) is 5.28. The first-order chi connectivity index (χ1) is 12.7. The van der Waals surface area contributed by atoms with E-state index in [1.54, 1.807) is 6.20 Å². The van der Waals surface area contributed by atoms with Crippen LogP contribution in [-0.2, 0) is 13.1 Å². The molecule has 0 spiro atoms. The Bertz CT molecular complexity index is 879. The zero-order valence-corrected chi connectivity index (χ0v) is 15.8. The van der Waals surface area contributed by atoms with Crippen molar-refractivity contribution in [3.63, 3.8) is 0 Å². The Labute approximate surface area is 154 Å². The van der Waals surface area contributed by atoms with Crippen molar-refractivity contribution in [1.29, 1.82) is 0 Å². The molecule has 4 heterocycles. The SMILES string of the molecule is CCn1cc(CN2CCC(n3c(C)cnc3-c3cccnc3)C2)c(C)n1. The lowest BCUT2D eigenvalue weighted by atomic mass is 10.2. The first-order valence-electron chi connectivity index (χ1n) is 9.35. The minimum Gasteiger partial charge on any atom is -0.324 e. The first-order valence-corrected chi connectivity index (χ1v) is 9.35. The van der Waals surface area contributed by atoms with E-state index in [0.717, 1.165) is 49.7 Å². The van der Waals surface area contributed by atoms with Gasteiger partial charge in [-0.25, -0.2) is 4.98 Å². The maximum atomic E-state index is 4.66.